The summed E-state index contributed by atoms with van der Waals surface area (Å²) in [6.07, 6.45) is 0. The van der Waals surface area contributed by atoms with Gasteiger partial charge in [0.05, 0.1) is 4.92 Å². The predicted molar refractivity (Wildman–Crippen MR) is 68.2 cm³/mol. The lowest BCUT2D eigenvalue weighted by atomic mass is 10.2. The zero-order valence-corrected chi connectivity index (χ0v) is 11.8. The van der Waals surface area contributed by atoms with Crippen LogP contribution in [0.25, 0.3) is 5.69 Å². The van der Waals surface area contributed by atoms with Crippen molar-refractivity contribution < 1.29 is 4.92 Å². The van der Waals surface area contributed by atoms with Crippen LogP contribution in [-0.2, 0) is 0 Å². The molecule has 2 aromatic rings. The van der Waals surface area contributed by atoms with Gasteiger partial charge >= 0.3 is 0 Å². The topological polar surface area (TPSA) is 73.8 Å². The maximum absolute atomic E-state index is 11.0. The van der Waals surface area contributed by atoms with Crippen molar-refractivity contribution in [2.75, 3.05) is 0 Å². The molecule has 0 saturated heterocycles. The molecule has 0 spiro atoms. The van der Waals surface area contributed by atoms with Gasteiger partial charge in [-0.3, -0.25) is 10.1 Å². The normalized spacial score (nSPS) is 10.5. The number of nitro benzene ring substituents is 1. The van der Waals surface area contributed by atoms with E-state index in [4.69, 9.17) is 0 Å². The molecule has 0 aliphatic heterocycles. The van der Waals surface area contributed by atoms with Crippen molar-refractivity contribution in [1.82, 2.24) is 14.8 Å². The Labute approximate surface area is 113 Å². The van der Waals surface area contributed by atoms with Crippen LogP contribution in [-0.4, -0.2) is 19.7 Å². The number of aryl methyl sites for hydroxylation is 1. The zero-order valence-electron chi connectivity index (χ0n) is 8.59. The molecule has 17 heavy (non-hydrogen) atoms. The molecule has 88 valence electrons. The van der Waals surface area contributed by atoms with Crippen LogP contribution in [0.2, 0.25) is 0 Å². The molecule has 1 heterocycles. The molecule has 0 amide bonds. The maximum Gasteiger partial charge on any atom is 0.295 e. The summed E-state index contributed by atoms with van der Waals surface area (Å²) in [5.74, 6) is 0. The van der Waals surface area contributed by atoms with Crippen molar-refractivity contribution in [3.63, 3.8) is 0 Å². The Balaban J connectivity index is 2.67. The lowest BCUT2D eigenvalue weighted by Crippen LogP contribution is -2.02. The summed E-state index contributed by atoms with van der Waals surface area (Å²) in [4.78, 5) is 14.5. The van der Waals surface area contributed by atoms with E-state index in [1.165, 1.54) is 10.7 Å². The minimum absolute atomic E-state index is 0.0110. The molecule has 0 radical (unpaired) electrons. The van der Waals surface area contributed by atoms with Crippen molar-refractivity contribution in [2.45, 2.75) is 6.92 Å². The van der Waals surface area contributed by atoms with Gasteiger partial charge in [0.25, 0.3) is 5.69 Å². The number of nitro groups is 1. The summed E-state index contributed by atoms with van der Waals surface area (Å²) in [6.45, 7) is 1.79. The Morgan fingerprint density at radius 1 is 1.41 bits per heavy atom. The molecular formula is C9H6Br2N4O2. The summed E-state index contributed by atoms with van der Waals surface area (Å²) in [7, 11) is 0. The van der Waals surface area contributed by atoms with Crippen LogP contribution in [0.3, 0.4) is 0 Å². The van der Waals surface area contributed by atoms with Crippen molar-refractivity contribution in [3.8, 4) is 5.69 Å². The number of benzene rings is 1. The van der Waals surface area contributed by atoms with Gasteiger partial charge in [-0.2, -0.15) is 9.67 Å². The van der Waals surface area contributed by atoms with E-state index in [1.807, 2.05) is 0 Å². The zero-order chi connectivity index (χ0) is 12.6. The van der Waals surface area contributed by atoms with Crippen LogP contribution in [0.5, 0.6) is 0 Å². The number of hydrogen-bond acceptors (Lipinski definition) is 4. The van der Waals surface area contributed by atoms with Crippen LogP contribution >= 0.6 is 31.9 Å². The number of halogens is 2. The second-order valence-electron chi connectivity index (χ2n) is 3.31. The van der Waals surface area contributed by atoms with Gasteiger partial charge < -0.3 is 0 Å². The highest BCUT2D eigenvalue weighted by molar-refractivity contribution is 9.11. The van der Waals surface area contributed by atoms with E-state index in [9.17, 15) is 10.1 Å². The smallest absolute Gasteiger partial charge is 0.258 e. The Morgan fingerprint density at radius 2 is 2.12 bits per heavy atom. The summed E-state index contributed by atoms with van der Waals surface area (Å²) in [5.41, 5.74) is 1.17. The van der Waals surface area contributed by atoms with Crippen molar-refractivity contribution in [2.24, 2.45) is 0 Å². The van der Waals surface area contributed by atoms with E-state index in [1.54, 1.807) is 19.1 Å². The molecule has 6 nitrogen and oxygen atoms in total. The molecule has 2 rings (SSSR count). The van der Waals surface area contributed by atoms with Crippen LogP contribution in [0.15, 0.2) is 27.7 Å². The Hall–Kier alpha value is -1.28. The number of aromatic nitrogens is 3. The molecule has 0 bridgehead atoms. The van der Waals surface area contributed by atoms with Gasteiger partial charge in [0.2, 0.25) is 9.47 Å². The number of hydrogen-bond donors (Lipinski definition) is 0. The first kappa shape index (κ1) is 12.2. The molecule has 1 aromatic heterocycles. The van der Waals surface area contributed by atoms with E-state index >= 15 is 0 Å². The van der Waals surface area contributed by atoms with Crippen molar-refractivity contribution in [1.29, 1.82) is 0 Å². The molecule has 0 aliphatic rings. The van der Waals surface area contributed by atoms with Gasteiger partial charge in [0, 0.05) is 6.07 Å². The van der Waals surface area contributed by atoms with Crippen molar-refractivity contribution >= 4 is 37.5 Å². The molecule has 1 aromatic carbocycles. The second-order valence-corrected chi connectivity index (χ2v) is 4.73. The summed E-state index contributed by atoms with van der Waals surface area (Å²) in [6, 6.07) is 4.92. The van der Waals surface area contributed by atoms with Crippen LogP contribution < -0.4 is 0 Å². The Morgan fingerprint density at radius 3 is 2.65 bits per heavy atom. The molecule has 0 N–H and O–H groups in total. The van der Waals surface area contributed by atoms with Gasteiger partial charge in [-0.25, -0.2) is 0 Å². The SMILES string of the molecule is Cc1ccc(-n2nc(Br)nc2Br)c([N+](=O)[O-])c1. The molecule has 8 heteroatoms. The van der Waals surface area contributed by atoms with E-state index < -0.39 is 4.92 Å². The monoisotopic (exact) mass is 360 g/mol. The van der Waals surface area contributed by atoms with E-state index in [0.29, 0.717) is 15.2 Å². The van der Waals surface area contributed by atoms with Gasteiger partial charge in [-0.1, -0.05) is 6.07 Å². The third-order valence-electron chi connectivity index (χ3n) is 2.10. The summed E-state index contributed by atoms with van der Waals surface area (Å²) < 4.78 is 2.12. The quantitative estimate of drug-likeness (QED) is 0.608. The van der Waals surface area contributed by atoms with Gasteiger partial charge in [0.15, 0.2) is 0 Å². The summed E-state index contributed by atoms with van der Waals surface area (Å²) in [5, 5.41) is 15.0. The van der Waals surface area contributed by atoms with Gasteiger partial charge in [-0.05, 0) is 50.4 Å². The minimum Gasteiger partial charge on any atom is -0.258 e. The Kier molecular flexibility index (Phi) is 3.25. The lowest BCUT2D eigenvalue weighted by molar-refractivity contribution is -0.384. The Bertz CT molecular complexity index is 597. The third kappa shape index (κ3) is 2.37. The van der Waals surface area contributed by atoms with Crippen LogP contribution in [0.1, 0.15) is 5.56 Å². The highest BCUT2D eigenvalue weighted by Crippen LogP contribution is 2.26. The lowest BCUT2D eigenvalue weighted by Gasteiger charge is -2.04. The highest BCUT2D eigenvalue weighted by atomic mass is 79.9. The maximum atomic E-state index is 11.0. The fraction of sp³-hybridized carbons (Fsp3) is 0.111. The highest BCUT2D eigenvalue weighted by Gasteiger charge is 2.19. The fourth-order valence-electron chi connectivity index (χ4n) is 1.38. The van der Waals surface area contributed by atoms with Crippen molar-refractivity contribution in [3.05, 3.63) is 43.3 Å². The first-order valence-corrected chi connectivity index (χ1v) is 6.11. The molecule has 0 aliphatic carbocycles. The molecule has 0 fully saturated rings. The fourth-order valence-corrected chi connectivity index (χ4v) is 2.38. The van der Waals surface area contributed by atoms with Crippen LogP contribution in [0, 0.1) is 17.0 Å². The van der Waals surface area contributed by atoms with Crippen LogP contribution in [0.4, 0.5) is 5.69 Å². The molecule has 0 unspecified atom stereocenters. The number of nitrogens with zero attached hydrogens (tertiary/aromatic N) is 4. The second kappa shape index (κ2) is 4.53. The molecule has 0 atom stereocenters. The predicted octanol–water partition coefficient (Wildman–Crippen LogP) is 3.01. The standard InChI is InChI=1S/C9H6Br2N4O2/c1-5-2-3-6(7(4-5)15(16)17)14-9(11)12-8(10)13-14/h2-4H,1H3. The molecule has 0 saturated carbocycles. The third-order valence-corrected chi connectivity index (χ3v) is 2.95. The van der Waals surface area contributed by atoms with Gasteiger partial charge in [-0.15, -0.1) is 5.10 Å². The van der Waals surface area contributed by atoms with Gasteiger partial charge in [0.1, 0.15) is 5.69 Å². The molecular weight excluding hydrogens is 356 g/mol. The number of rotatable bonds is 2. The van der Waals surface area contributed by atoms with E-state index in [2.05, 4.69) is 41.9 Å². The van der Waals surface area contributed by atoms with E-state index in [-0.39, 0.29) is 5.69 Å². The average Bonchev–Trinajstić information content (AvgIpc) is 2.57. The van der Waals surface area contributed by atoms with E-state index in [0.717, 1.165) is 5.56 Å². The average molecular weight is 362 g/mol. The summed E-state index contributed by atoms with van der Waals surface area (Å²) >= 11 is 6.31. The minimum atomic E-state index is -0.440. The largest absolute Gasteiger partial charge is 0.295 e. The first-order valence-electron chi connectivity index (χ1n) is 4.52. The first-order chi connectivity index (χ1) is 7.99.